The second-order valence-corrected chi connectivity index (χ2v) is 6.04. The van der Waals surface area contributed by atoms with Gasteiger partial charge in [0, 0.05) is 0 Å². The van der Waals surface area contributed by atoms with Crippen LogP contribution in [0.1, 0.15) is 25.0 Å². The molecular formula is C19H22O4. The smallest absolute Gasteiger partial charge is 0.315 e. The molecular weight excluding hydrogens is 292 g/mol. The van der Waals surface area contributed by atoms with Crippen molar-refractivity contribution in [3.05, 3.63) is 65.7 Å². The lowest BCUT2D eigenvalue weighted by Gasteiger charge is -2.23. The van der Waals surface area contributed by atoms with Crippen LogP contribution in [0.2, 0.25) is 0 Å². The van der Waals surface area contributed by atoms with Crippen LogP contribution in [0.4, 0.5) is 0 Å². The van der Waals surface area contributed by atoms with Crippen molar-refractivity contribution in [3.8, 4) is 5.75 Å². The first-order valence-corrected chi connectivity index (χ1v) is 7.55. The number of rotatable bonds is 7. The molecule has 0 saturated carbocycles. The molecule has 2 aromatic rings. The molecule has 2 rings (SSSR count). The Hall–Kier alpha value is -2.33. The molecule has 0 spiro atoms. The SMILES string of the molecule is CC(C)(COc1ccc(CO)cc1)C(=O)OCc1ccccc1. The fourth-order valence-electron chi connectivity index (χ4n) is 1.93. The highest BCUT2D eigenvalue weighted by atomic mass is 16.5. The zero-order valence-corrected chi connectivity index (χ0v) is 13.5. The highest BCUT2D eigenvalue weighted by Crippen LogP contribution is 2.21. The Morgan fingerprint density at radius 3 is 2.26 bits per heavy atom. The number of hydrogen-bond acceptors (Lipinski definition) is 4. The summed E-state index contributed by atoms with van der Waals surface area (Å²) in [4.78, 5) is 12.2. The van der Waals surface area contributed by atoms with E-state index in [2.05, 4.69) is 0 Å². The van der Waals surface area contributed by atoms with Crippen LogP contribution in [-0.2, 0) is 22.7 Å². The Labute approximate surface area is 136 Å². The Kier molecular flexibility index (Phi) is 5.77. The summed E-state index contributed by atoms with van der Waals surface area (Å²) < 4.78 is 11.0. The maximum absolute atomic E-state index is 12.2. The van der Waals surface area contributed by atoms with Crippen LogP contribution in [-0.4, -0.2) is 17.7 Å². The first-order valence-electron chi connectivity index (χ1n) is 7.55. The van der Waals surface area contributed by atoms with Crippen molar-refractivity contribution in [2.24, 2.45) is 5.41 Å². The minimum Gasteiger partial charge on any atom is -0.492 e. The van der Waals surface area contributed by atoms with E-state index in [9.17, 15) is 4.79 Å². The standard InChI is InChI=1S/C19H22O4/c1-19(2,14-23-17-10-8-15(12-20)9-11-17)18(21)22-13-16-6-4-3-5-7-16/h3-11,20H,12-14H2,1-2H3. The zero-order chi connectivity index (χ0) is 16.7. The van der Waals surface area contributed by atoms with Gasteiger partial charge in [0.1, 0.15) is 19.0 Å². The molecule has 0 unspecified atom stereocenters. The first-order chi connectivity index (χ1) is 11.0. The summed E-state index contributed by atoms with van der Waals surface area (Å²) in [6, 6.07) is 16.7. The third kappa shape index (κ3) is 5.11. The predicted molar refractivity (Wildman–Crippen MR) is 87.9 cm³/mol. The highest BCUT2D eigenvalue weighted by molar-refractivity contribution is 5.76. The largest absolute Gasteiger partial charge is 0.492 e. The Morgan fingerprint density at radius 1 is 1.00 bits per heavy atom. The van der Waals surface area contributed by atoms with Gasteiger partial charge in [0.05, 0.1) is 12.0 Å². The van der Waals surface area contributed by atoms with E-state index in [1.54, 1.807) is 38.1 Å². The fourth-order valence-corrected chi connectivity index (χ4v) is 1.93. The second kappa shape index (κ2) is 7.79. The molecule has 0 atom stereocenters. The molecule has 122 valence electrons. The molecule has 23 heavy (non-hydrogen) atoms. The summed E-state index contributed by atoms with van der Waals surface area (Å²) in [6.45, 7) is 4.07. The molecule has 0 aromatic heterocycles. The van der Waals surface area contributed by atoms with Crippen LogP contribution in [0.5, 0.6) is 5.75 Å². The van der Waals surface area contributed by atoms with Crippen molar-refractivity contribution >= 4 is 5.97 Å². The number of carbonyl (C=O) groups is 1. The summed E-state index contributed by atoms with van der Waals surface area (Å²) in [5, 5.41) is 9.01. The number of aliphatic hydroxyl groups is 1. The minimum absolute atomic E-state index is 0.00240. The average molecular weight is 314 g/mol. The number of aliphatic hydroxyl groups excluding tert-OH is 1. The summed E-state index contributed by atoms with van der Waals surface area (Å²) in [5.74, 6) is 0.361. The quantitative estimate of drug-likeness (QED) is 0.797. The van der Waals surface area contributed by atoms with Crippen molar-refractivity contribution in [2.75, 3.05) is 6.61 Å². The maximum atomic E-state index is 12.2. The number of esters is 1. The van der Waals surface area contributed by atoms with Crippen molar-refractivity contribution < 1.29 is 19.4 Å². The first kappa shape index (κ1) is 17.0. The van der Waals surface area contributed by atoms with Crippen LogP contribution in [0.25, 0.3) is 0 Å². The Morgan fingerprint density at radius 2 is 1.65 bits per heavy atom. The van der Waals surface area contributed by atoms with Crippen LogP contribution < -0.4 is 4.74 Å². The molecule has 4 nitrogen and oxygen atoms in total. The van der Waals surface area contributed by atoms with Gasteiger partial charge < -0.3 is 14.6 Å². The van der Waals surface area contributed by atoms with E-state index in [1.165, 1.54) is 0 Å². The van der Waals surface area contributed by atoms with E-state index < -0.39 is 5.41 Å². The minimum atomic E-state index is -0.746. The number of hydrogen-bond donors (Lipinski definition) is 1. The number of benzene rings is 2. The maximum Gasteiger partial charge on any atom is 0.315 e. The number of carbonyl (C=O) groups excluding carboxylic acids is 1. The summed E-state index contributed by atoms with van der Waals surface area (Å²) in [6.07, 6.45) is 0. The number of ether oxygens (including phenoxy) is 2. The third-order valence-corrected chi connectivity index (χ3v) is 3.47. The summed E-state index contributed by atoms with van der Waals surface area (Å²) in [7, 11) is 0. The van der Waals surface area contributed by atoms with E-state index in [4.69, 9.17) is 14.6 Å². The average Bonchev–Trinajstić information content (AvgIpc) is 2.59. The van der Waals surface area contributed by atoms with Gasteiger partial charge in [-0.25, -0.2) is 0 Å². The van der Waals surface area contributed by atoms with Gasteiger partial charge in [-0.3, -0.25) is 4.79 Å². The van der Waals surface area contributed by atoms with E-state index >= 15 is 0 Å². The second-order valence-electron chi connectivity index (χ2n) is 6.04. The summed E-state index contributed by atoms with van der Waals surface area (Å²) in [5.41, 5.74) is 1.03. The van der Waals surface area contributed by atoms with E-state index in [-0.39, 0.29) is 25.8 Å². The van der Waals surface area contributed by atoms with Crippen LogP contribution >= 0.6 is 0 Å². The molecule has 0 heterocycles. The molecule has 2 aromatic carbocycles. The third-order valence-electron chi connectivity index (χ3n) is 3.47. The molecule has 0 aliphatic rings. The van der Waals surface area contributed by atoms with Crippen molar-refractivity contribution in [2.45, 2.75) is 27.1 Å². The van der Waals surface area contributed by atoms with Gasteiger partial charge in [-0.1, -0.05) is 42.5 Å². The summed E-state index contributed by atoms with van der Waals surface area (Å²) >= 11 is 0. The van der Waals surface area contributed by atoms with E-state index in [0.29, 0.717) is 5.75 Å². The molecule has 0 amide bonds. The van der Waals surface area contributed by atoms with Gasteiger partial charge >= 0.3 is 5.97 Å². The monoisotopic (exact) mass is 314 g/mol. The molecule has 4 heteroatoms. The molecule has 0 saturated heterocycles. The van der Waals surface area contributed by atoms with Crippen LogP contribution in [0.3, 0.4) is 0 Å². The van der Waals surface area contributed by atoms with Gasteiger partial charge in [0.25, 0.3) is 0 Å². The van der Waals surface area contributed by atoms with Gasteiger partial charge in [0.15, 0.2) is 0 Å². The lowest BCUT2D eigenvalue weighted by atomic mass is 9.95. The lowest BCUT2D eigenvalue weighted by molar-refractivity contribution is -0.157. The molecule has 0 aliphatic carbocycles. The zero-order valence-electron chi connectivity index (χ0n) is 13.5. The Balaban J connectivity index is 1.85. The fraction of sp³-hybridized carbons (Fsp3) is 0.316. The van der Waals surface area contributed by atoms with Gasteiger partial charge in [-0.2, -0.15) is 0 Å². The van der Waals surface area contributed by atoms with Crippen LogP contribution in [0, 0.1) is 5.41 Å². The van der Waals surface area contributed by atoms with Crippen molar-refractivity contribution in [3.63, 3.8) is 0 Å². The van der Waals surface area contributed by atoms with Crippen LogP contribution in [0.15, 0.2) is 54.6 Å². The molecule has 0 fully saturated rings. The lowest BCUT2D eigenvalue weighted by Crippen LogP contribution is -2.32. The van der Waals surface area contributed by atoms with Gasteiger partial charge in [-0.05, 0) is 37.1 Å². The van der Waals surface area contributed by atoms with Gasteiger partial charge in [0.2, 0.25) is 0 Å². The molecule has 1 N–H and O–H groups in total. The topological polar surface area (TPSA) is 55.8 Å². The normalized spacial score (nSPS) is 11.1. The molecule has 0 aliphatic heterocycles. The van der Waals surface area contributed by atoms with E-state index in [1.807, 2.05) is 30.3 Å². The molecule has 0 radical (unpaired) electrons. The van der Waals surface area contributed by atoms with Crippen molar-refractivity contribution in [1.29, 1.82) is 0 Å². The Bertz CT molecular complexity index is 618. The van der Waals surface area contributed by atoms with E-state index in [0.717, 1.165) is 11.1 Å². The molecule has 0 bridgehead atoms. The van der Waals surface area contributed by atoms with Crippen molar-refractivity contribution in [1.82, 2.24) is 0 Å². The van der Waals surface area contributed by atoms with Gasteiger partial charge in [-0.15, -0.1) is 0 Å². The predicted octanol–water partition coefficient (Wildman–Crippen LogP) is 3.33. The highest BCUT2D eigenvalue weighted by Gasteiger charge is 2.30.